The number of ether oxygens (including phenoxy) is 1. The van der Waals surface area contributed by atoms with Gasteiger partial charge in [-0.05, 0) is 36.5 Å². The van der Waals surface area contributed by atoms with E-state index >= 15 is 0 Å². The molecular formula is C19H27NO4. The monoisotopic (exact) mass is 333 g/mol. The molecule has 0 bridgehead atoms. The Morgan fingerprint density at radius 3 is 2.67 bits per heavy atom. The van der Waals surface area contributed by atoms with Gasteiger partial charge >= 0.3 is 5.97 Å². The van der Waals surface area contributed by atoms with Crippen molar-refractivity contribution in [2.24, 2.45) is 11.8 Å². The number of aromatic carboxylic acids is 1. The number of carboxylic acid groups (broad SMARTS) is 1. The first-order chi connectivity index (χ1) is 11.5. The number of carbonyl (C=O) groups is 2. The number of benzene rings is 1. The van der Waals surface area contributed by atoms with Gasteiger partial charge in [-0.3, -0.25) is 4.79 Å². The minimum Gasteiger partial charge on any atom is -0.496 e. The van der Waals surface area contributed by atoms with Crippen LogP contribution in [-0.4, -0.2) is 30.6 Å². The number of carboxylic acids is 1. The number of rotatable bonds is 8. The van der Waals surface area contributed by atoms with E-state index in [2.05, 4.69) is 5.32 Å². The maximum Gasteiger partial charge on any atom is 0.335 e. The molecule has 132 valence electrons. The van der Waals surface area contributed by atoms with E-state index in [0.29, 0.717) is 24.6 Å². The first-order valence-corrected chi connectivity index (χ1v) is 8.69. The minimum atomic E-state index is -0.978. The van der Waals surface area contributed by atoms with Gasteiger partial charge in [-0.15, -0.1) is 0 Å². The number of methoxy groups -OCH3 is 1. The van der Waals surface area contributed by atoms with E-state index in [1.54, 1.807) is 12.1 Å². The van der Waals surface area contributed by atoms with Crippen molar-refractivity contribution in [3.63, 3.8) is 0 Å². The first kappa shape index (κ1) is 18.3. The number of amides is 1. The van der Waals surface area contributed by atoms with E-state index < -0.39 is 5.97 Å². The summed E-state index contributed by atoms with van der Waals surface area (Å²) in [5.74, 6) is 0.416. The van der Waals surface area contributed by atoms with Crippen molar-refractivity contribution in [2.75, 3.05) is 13.7 Å². The third-order valence-corrected chi connectivity index (χ3v) is 4.84. The molecule has 0 aliphatic heterocycles. The molecule has 0 radical (unpaired) electrons. The van der Waals surface area contributed by atoms with Crippen molar-refractivity contribution in [1.29, 1.82) is 0 Å². The SMILES string of the molecule is COc1cc(C(=O)O)ccc1CCNC(=O)C(C)CC1CCCC1. The van der Waals surface area contributed by atoms with Crippen LogP contribution in [0.15, 0.2) is 18.2 Å². The van der Waals surface area contributed by atoms with Gasteiger partial charge in [0.25, 0.3) is 0 Å². The predicted molar refractivity (Wildman–Crippen MR) is 92.4 cm³/mol. The molecule has 1 aliphatic carbocycles. The molecule has 2 N–H and O–H groups in total. The number of nitrogens with one attached hydrogen (secondary N) is 1. The van der Waals surface area contributed by atoms with Gasteiger partial charge < -0.3 is 15.2 Å². The molecule has 1 unspecified atom stereocenters. The largest absolute Gasteiger partial charge is 0.496 e. The standard InChI is InChI=1S/C19H27NO4/c1-13(11-14-5-3-4-6-14)18(21)20-10-9-15-7-8-16(19(22)23)12-17(15)24-2/h7-8,12-14H,3-6,9-11H2,1-2H3,(H,20,21)(H,22,23). The van der Waals surface area contributed by atoms with Gasteiger partial charge in [0.05, 0.1) is 12.7 Å². The van der Waals surface area contributed by atoms with Crippen LogP contribution < -0.4 is 10.1 Å². The zero-order chi connectivity index (χ0) is 17.5. The number of hydrogen-bond donors (Lipinski definition) is 2. The third-order valence-electron chi connectivity index (χ3n) is 4.84. The van der Waals surface area contributed by atoms with Crippen molar-refractivity contribution in [3.8, 4) is 5.75 Å². The average molecular weight is 333 g/mol. The second-order valence-electron chi connectivity index (χ2n) is 6.66. The summed E-state index contributed by atoms with van der Waals surface area (Å²) in [6.45, 7) is 2.52. The summed E-state index contributed by atoms with van der Waals surface area (Å²) in [6.07, 6.45) is 6.69. The van der Waals surface area contributed by atoms with E-state index in [9.17, 15) is 9.59 Å². The summed E-state index contributed by atoms with van der Waals surface area (Å²) in [7, 11) is 1.52. The molecule has 1 saturated carbocycles. The molecular weight excluding hydrogens is 306 g/mol. The molecule has 1 amide bonds. The Kier molecular flexibility index (Phi) is 6.64. The normalized spacial score (nSPS) is 15.9. The zero-order valence-electron chi connectivity index (χ0n) is 14.5. The van der Waals surface area contributed by atoms with Crippen LogP contribution >= 0.6 is 0 Å². The summed E-state index contributed by atoms with van der Waals surface area (Å²) in [5, 5.41) is 12.0. The maximum atomic E-state index is 12.2. The molecule has 1 aromatic carbocycles. The van der Waals surface area contributed by atoms with Crippen molar-refractivity contribution in [1.82, 2.24) is 5.32 Å². The lowest BCUT2D eigenvalue weighted by atomic mass is 9.94. The zero-order valence-corrected chi connectivity index (χ0v) is 14.5. The molecule has 1 aromatic rings. The minimum absolute atomic E-state index is 0.0457. The Morgan fingerprint density at radius 1 is 1.33 bits per heavy atom. The average Bonchev–Trinajstić information content (AvgIpc) is 3.07. The topological polar surface area (TPSA) is 75.6 Å². The van der Waals surface area contributed by atoms with E-state index in [0.717, 1.165) is 12.0 Å². The fraction of sp³-hybridized carbons (Fsp3) is 0.579. The van der Waals surface area contributed by atoms with E-state index in [1.165, 1.54) is 38.9 Å². The second-order valence-corrected chi connectivity index (χ2v) is 6.66. The van der Waals surface area contributed by atoms with Gasteiger partial charge in [0, 0.05) is 12.5 Å². The third kappa shape index (κ3) is 4.98. The Bertz CT molecular complexity index is 579. The van der Waals surface area contributed by atoms with E-state index in [1.807, 2.05) is 6.92 Å². The second kappa shape index (κ2) is 8.71. The fourth-order valence-electron chi connectivity index (χ4n) is 3.43. The molecule has 1 aliphatic rings. The summed E-state index contributed by atoms with van der Waals surface area (Å²) in [6, 6.07) is 4.82. The highest BCUT2D eigenvalue weighted by Gasteiger charge is 2.21. The Labute approximate surface area is 143 Å². The molecule has 0 spiro atoms. The molecule has 2 rings (SSSR count). The first-order valence-electron chi connectivity index (χ1n) is 8.69. The van der Waals surface area contributed by atoms with Crippen molar-refractivity contribution in [2.45, 2.75) is 45.4 Å². The van der Waals surface area contributed by atoms with Crippen LogP contribution in [-0.2, 0) is 11.2 Å². The summed E-state index contributed by atoms with van der Waals surface area (Å²) in [5.41, 5.74) is 1.09. The molecule has 5 heteroatoms. The molecule has 0 saturated heterocycles. The van der Waals surface area contributed by atoms with Crippen LogP contribution in [0.25, 0.3) is 0 Å². The fourth-order valence-corrected chi connectivity index (χ4v) is 3.43. The summed E-state index contributed by atoms with van der Waals surface area (Å²) >= 11 is 0. The summed E-state index contributed by atoms with van der Waals surface area (Å²) < 4.78 is 5.25. The Hall–Kier alpha value is -2.04. The lowest BCUT2D eigenvalue weighted by Crippen LogP contribution is -2.31. The van der Waals surface area contributed by atoms with Crippen LogP contribution in [0.3, 0.4) is 0 Å². The maximum absolute atomic E-state index is 12.2. The smallest absolute Gasteiger partial charge is 0.335 e. The van der Waals surface area contributed by atoms with Crippen molar-refractivity contribution < 1.29 is 19.4 Å². The molecule has 1 atom stereocenters. The van der Waals surface area contributed by atoms with Crippen molar-refractivity contribution >= 4 is 11.9 Å². The lowest BCUT2D eigenvalue weighted by Gasteiger charge is -2.16. The molecule has 1 fully saturated rings. The van der Waals surface area contributed by atoms with Gasteiger partial charge in [-0.2, -0.15) is 0 Å². The molecule has 24 heavy (non-hydrogen) atoms. The van der Waals surface area contributed by atoms with E-state index in [4.69, 9.17) is 9.84 Å². The Balaban J connectivity index is 1.82. The van der Waals surface area contributed by atoms with Crippen LogP contribution in [0.1, 0.15) is 54.9 Å². The van der Waals surface area contributed by atoms with Gasteiger partial charge in [-0.1, -0.05) is 38.7 Å². The Morgan fingerprint density at radius 2 is 2.04 bits per heavy atom. The van der Waals surface area contributed by atoms with Crippen LogP contribution in [0.5, 0.6) is 5.75 Å². The highest BCUT2D eigenvalue weighted by molar-refractivity contribution is 5.88. The number of carbonyl (C=O) groups excluding carboxylic acids is 1. The quantitative estimate of drug-likeness (QED) is 0.765. The van der Waals surface area contributed by atoms with Gasteiger partial charge in [0.2, 0.25) is 5.91 Å². The van der Waals surface area contributed by atoms with Crippen LogP contribution in [0.2, 0.25) is 0 Å². The van der Waals surface area contributed by atoms with Crippen molar-refractivity contribution in [3.05, 3.63) is 29.3 Å². The molecule has 0 aromatic heterocycles. The number of hydrogen-bond acceptors (Lipinski definition) is 3. The lowest BCUT2D eigenvalue weighted by molar-refractivity contribution is -0.124. The summed E-state index contributed by atoms with van der Waals surface area (Å²) in [4.78, 5) is 23.2. The highest BCUT2D eigenvalue weighted by atomic mass is 16.5. The van der Waals surface area contributed by atoms with Gasteiger partial charge in [-0.25, -0.2) is 4.79 Å². The molecule has 5 nitrogen and oxygen atoms in total. The molecule has 0 heterocycles. The highest BCUT2D eigenvalue weighted by Crippen LogP contribution is 2.30. The predicted octanol–water partition coefficient (Wildman–Crippen LogP) is 3.27. The van der Waals surface area contributed by atoms with Crippen LogP contribution in [0, 0.1) is 11.8 Å². The van der Waals surface area contributed by atoms with E-state index in [-0.39, 0.29) is 17.4 Å². The van der Waals surface area contributed by atoms with Gasteiger partial charge in [0.1, 0.15) is 5.75 Å². The van der Waals surface area contributed by atoms with Crippen LogP contribution in [0.4, 0.5) is 0 Å². The van der Waals surface area contributed by atoms with Gasteiger partial charge in [0.15, 0.2) is 0 Å².